The Labute approximate surface area is 92.2 Å². The van der Waals surface area contributed by atoms with Gasteiger partial charge in [0.05, 0.1) is 11.0 Å². The van der Waals surface area contributed by atoms with Gasteiger partial charge in [-0.1, -0.05) is 18.2 Å². The van der Waals surface area contributed by atoms with Crippen molar-refractivity contribution in [3.8, 4) is 0 Å². The summed E-state index contributed by atoms with van der Waals surface area (Å²) >= 11 is 0. The van der Waals surface area contributed by atoms with E-state index in [4.69, 9.17) is 4.74 Å². The van der Waals surface area contributed by atoms with Crippen LogP contribution in [0.25, 0.3) is 0 Å². The Morgan fingerprint density at radius 1 is 1.31 bits per heavy atom. The molecule has 2 nitrogen and oxygen atoms in total. The molecule has 4 heteroatoms. The van der Waals surface area contributed by atoms with Gasteiger partial charge in [-0.15, -0.1) is 0 Å². The summed E-state index contributed by atoms with van der Waals surface area (Å²) in [4.78, 5) is 11.5. The molecule has 16 heavy (non-hydrogen) atoms. The fourth-order valence-electron chi connectivity index (χ4n) is 1.45. The minimum Gasteiger partial charge on any atom is -0.461 e. The van der Waals surface area contributed by atoms with Crippen molar-refractivity contribution in [1.82, 2.24) is 0 Å². The lowest BCUT2D eigenvalue weighted by Gasteiger charge is -2.13. The number of benzene rings is 1. The van der Waals surface area contributed by atoms with Gasteiger partial charge >= 0.3 is 5.97 Å². The molecule has 0 bridgehead atoms. The summed E-state index contributed by atoms with van der Waals surface area (Å²) in [6.07, 6.45) is -1.53. The topological polar surface area (TPSA) is 26.3 Å². The Hall–Kier alpha value is -1.45. The number of esters is 1. The number of ether oxygens (including phenoxy) is 1. The molecule has 0 amide bonds. The van der Waals surface area contributed by atoms with Gasteiger partial charge in [0.25, 0.3) is 0 Å². The molecule has 0 unspecified atom stereocenters. The highest BCUT2D eigenvalue weighted by atomic mass is 19.3. The summed E-state index contributed by atoms with van der Waals surface area (Å²) in [7, 11) is 0. The smallest absolute Gasteiger partial charge is 0.338 e. The molecule has 1 saturated carbocycles. The number of alkyl halides is 2. The molecular weight excluding hydrogens is 214 g/mol. The predicted molar refractivity (Wildman–Crippen MR) is 54.4 cm³/mol. The van der Waals surface area contributed by atoms with Gasteiger partial charge in [-0.2, -0.15) is 0 Å². The summed E-state index contributed by atoms with van der Waals surface area (Å²) in [5, 5.41) is 0. The number of carbonyl (C=O) groups excluding carboxylic acids is 1. The molecule has 0 N–H and O–H groups in total. The first kappa shape index (κ1) is 11.0. The third-order valence-electron chi connectivity index (χ3n) is 2.86. The summed E-state index contributed by atoms with van der Waals surface area (Å²) < 4.78 is 30.0. The van der Waals surface area contributed by atoms with Crippen molar-refractivity contribution in [2.45, 2.75) is 19.3 Å². The number of hydrogen-bond acceptors (Lipinski definition) is 2. The number of rotatable bonds is 4. The van der Waals surface area contributed by atoms with Gasteiger partial charge < -0.3 is 4.74 Å². The average Bonchev–Trinajstić information content (AvgIpc) is 3.08. The van der Waals surface area contributed by atoms with E-state index >= 15 is 0 Å². The van der Waals surface area contributed by atoms with Crippen molar-refractivity contribution in [3.05, 3.63) is 35.9 Å². The Morgan fingerprint density at radius 2 is 1.94 bits per heavy atom. The lowest BCUT2D eigenvalue weighted by atomic mass is 10.1. The van der Waals surface area contributed by atoms with E-state index in [-0.39, 0.29) is 6.61 Å². The molecule has 0 aliphatic heterocycles. The first-order valence-corrected chi connectivity index (χ1v) is 5.14. The van der Waals surface area contributed by atoms with E-state index in [2.05, 4.69) is 0 Å². The third-order valence-corrected chi connectivity index (χ3v) is 2.86. The van der Waals surface area contributed by atoms with Crippen molar-refractivity contribution < 1.29 is 18.3 Å². The molecule has 1 aliphatic carbocycles. The number of carbonyl (C=O) groups is 1. The van der Waals surface area contributed by atoms with E-state index in [9.17, 15) is 13.6 Å². The Balaban J connectivity index is 1.90. The molecule has 0 spiro atoms. The van der Waals surface area contributed by atoms with Crippen molar-refractivity contribution in [1.29, 1.82) is 0 Å². The maximum Gasteiger partial charge on any atom is 0.338 e. The summed E-state index contributed by atoms with van der Waals surface area (Å²) in [5.74, 6) is -0.535. The zero-order chi connectivity index (χ0) is 11.6. The van der Waals surface area contributed by atoms with Crippen LogP contribution >= 0.6 is 0 Å². The van der Waals surface area contributed by atoms with Crippen LogP contribution in [0.3, 0.4) is 0 Å². The van der Waals surface area contributed by atoms with Gasteiger partial charge in [0.15, 0.2) is 0 Å². The summed E-state index contributed by atoms with van der Waals surface area (Å²) in [6, 6.07) is 8.39. The van der Waals surface area contributed by atoms with Crippen LogP contribution in [-0.4, -0.2) is 19.0 Å². The van der Waals surface area contributed by atoms with Gasteiger partial charge in [0, 0.05) is 0 Å². The van der Waals surface area contributed by atoms with Crippen LogP contribution in [0, 0.1) is 5.41 Å². The van der Waals surface area contributed by atoms with Crippen molar-refractivity contribution >= 4 is 5.97 Å². The van der Waals surface area contributed by atoms with Crippen molar-refractivity contribution in [3.63, 3.8) is 0 Å². The lowest BCUT2D eigenvalue weighted by molar-refractivity contribution is 0.000577. The summed E-state index contributed by atoms with van der Waals surface area (Å²) in [6.45, 7) is -0.182. The van der Waals surface area contributed by atoms with Crippen LogP contribution in [0.5, 0.6) is 0 Å². The highest BCUT2D eigenvalue weighted by Gasteiger charge is 2.52. The predicted octanol–water partition coefficient (Wildman–Crippen LogP) is 2.89. The molecule has 0 radical (unpaired) electrons. The molecule has 1 aromatic carbocycles. The second kappa shape index (κ2) is 4.20. The average molecular weight is 226 g/mol. The van der Waals surface area contributed by atoms with Gasteiger partial charge in [0.2, 0.25) is 6.43 Å². The molecule has 0 atom stereocenters. The molecule has 0 aromatic heterocycles. The first-order valence-electron chi connectivity index (χ1n) is 5.14. The van der Waals surface area contributed by atoms with Crippen LogP contribution < -0.4 is 0 Å². The van der Waals surface area contributed by atoms with Crippen LogP contribution in [0.2, 0.25) is 0 Å². The first-order chi connectivity index (χ1) is 7.64. The molecule has 2 rings (SSSR count). The standard InChI is InChI=1S/C12H12F2O2/c13-11(14)12(6-7-12)8-16-10(15)9-4-2-1-3-5-9/h1-5,11H,6-8H2. The normalized spacial score (nSPS) is 17.2. The third kappa shape index (κ3) is 2.21. The Kier molecular flexibility index (Phi) is 2.90. The van der Waals surface area contributed by atoms with E-state index in [0.29, 0.717) is 18.4 Å². The van der Waals surface area contributed by atoms with Gasteiger partial charge in [0.1, 0.15) is 6.61 Å². The molecular formula is C12H12F2O2. The highest BCUT2D eigenvalue weighted by Crippen LogP contribution is 2.50. The quantitative estimate of drug-likeness (QED) is 0.738. The van der Waals surface area contributed by atoms with E-state index < -0.39 is 17.8 Å². The molecule has 86 valence electrons. The van der Waals surface area contributed by atoms with E-state index in [1.54, 1.807) is 30.3 Å². The second-order valence-electron chi connectivity index (χ2n) is 4.11. The van der Waals surface area contributed by atoms with E-state index in [1.165, 1.54) is 0 Å². The fraction of sp³-hybridized carbons (Fsp3) is 0.417. The van der Waals surface area contributed by atoms with Crippen molar-refractivity contribution in [2.24, 2.45) is 5.41 Å². The van der Waals surface area contributed by atoms with E-state index in [0.717, 1.165) is 0 Å². The van der Waals surface area contributed by atoms with Crippen LogP contribution in [0.15, 0.2) is 30.3 Å². The Morgan fingerprint density at radius 3 is 2.44 bits per heavy atom. The van der Waals surface area contributed by atoms with Gasteiger partial charge in [-0.25, -0.2) is 13.6 Å². The van der Waals surface area contributed by atoms with Crippen LogP contribution in [0.4, 0.5) is 8.78 Å². The fourth-order valence-corrected chi connectivity index (χ4v) is 1.45. The van der Waals surface area contributed by atoms with Crippen LogP contribution in [0.1, 0.15) is 23.2 Å². The molecule has 0 heterocycles. The number of hydrogen-bond donors (Lipinski definition) is 0. The SMILES string of the molecule is O=C(OCC1(C(F)F)CC1)c1ccccc1. The molecule has 1 aromatic rings. The minimum atomic E-state index is -2.41. The van der Waals surface area contributed by atoms with Crippen molar-refractivity contribution in [2.75, 3.05) is 6.61 Å². The zero-order valence-electron chi connectivity index (χ0n) is 8.66. The second-order valence-corrected chi connectivity index (χ2v) is 4.11. The van der Waals surface area contributed by atoms with Gasteiger partial charge in [-0.3, -0.25) is 0 Å². The largest absolute Gasteiger partial charge is 0.461 e. The molecule has 0 saturated heterocycles. The van der Waals surface area contributed by atoms with E-state index in [1.807, 2.05) is 0 Å². The number of halogens is 2. The van der Waals surface area contributed by atoms with Crippen LogP contribution in [-0.2, 0) is 4.74 Å². The highest BCUT2D eigenvalue weighted by molar-refractivity contribution is 5.89. The van der Waals surface area contributed by atoms with Gasteiger partial charge in [-0.05, 0) is 25.0 Å². The lowest BCUT2D eigenvalue weighted by Crippen LogP contribution is -2.21. The Bertz CT molecular complexity index is 372. The summed E-state index contributed by atoms with van der Waals surface area (Å²) in [5.41, 5.74) is -0.669. The maximum atomic E-state index is 12.5. The maximum absolute atomic E-state index is 12.5. The monoisotopic (exact) mass is 226 g/mol. The molecule has 1 aliphatic rings. The zero-order valence-corrected chi connectivity index (χ0v) is 8.66. The minimum absolute atomic E-state index is 0.182. The molecule has 1 fully saturated rings.